The summed E-state index contributed by atoms with van der Waals surface area (Å²) in [6, 6.07) is 1.98. The third-order valence-electron chi connectivity index (χ3n) is 3.21. The first-order chi connectivity index (χ1) is 8.64. The van der Waals surface area contributed by atoms with E-state index in [1.165, 1.54) is 0 Å². The van der Waals surface area contributed by atoms with Crippen molar-refractivity contribution in [3.63, 3.8) is 0 Å². The van der Waals surface area contributed by atoms with E-state index in [2.05, 4.69) is 36.1 Å². The van der Waals surface area contributed by atoms with Crippen LogP contribution in [-0.4, -0.2) is 30.2 Å². The lowest BCUT2D eigenvalue weighted by atomic mass is 9.96. The van der Waals surface area contributed by atoms with Crippen molar-refractivity contribution in [2.45, 2.75) is 39.7 Å². The van der Waals surface area contributed by atoms with Gasteiger partial charge in [-0.25, -0.2) is 0 Å². The van der Waals surface area contributed by atoms with E-state index in [-0.39, 0.29) is 0 Å². The Hall–Kier alpha value is -1.52. The summed E-state index contributed by atoms with van der Waals surface area (Å²) in [5.74, 6) is 2.15. The normalized spacial score (nSPS) is 12.3. The average molecular weight is 253 g/mol. The van der Waals surface area contributed by atoms with Gasteiger partial charge in [0.05, 0.1) is 20.3 Å². The maximum atomic E-state index is 5.12. The second-order valence-electron chi connectivity index (χ2n) is 4.29. The summed E-state index contributed by atoms with van der Waals surface area (Å²) in [5, 5.41) is 3.31. The van der Waals surface area contributed by atoms with Crippen molar-refractivity contribution in [1.29, 1.82) is 0 Å². The molecule has 1 atom stereocenters. The Morgan fingerprint density at radius 2 is 1.61 bits per heavy atom. The fourth-order valence-corrected chi connectivity index (χ4v) is 1.99. The van der Waals surface area contributed by atoms with Gasteiger partial charge in [-0.2, -0.15) is 9.97 Å². The number of hydrogen-bond donors (Lipinski definition) is 1. The molecule has 0 fully saturated rings. The first-order valence-electron chi connectivity index (χ1n) is 6.38. The number of nitrogens with zero attached hydrogens (tertiary/aromatic N) is 2. The fourth-order valence-electron chi connectivity index (χ4n) is 1.99. The van der Waals surface area contributed by atoms with Gasteiger partial charge in [-0.15, -0.1) is 0 Å². The SMILES string of the molecule is CCC(CC)C(C)Nc1nc(OC)cc(OC)n1. The smallest absolute Gasteiger partial charge is 0.229 e. The quantitative estimate of drug-likeness (QED) is 0.809. The number of methoxy groups -OCH3 is 2. The van der Waals surface area contributed by atoms with Crippen LogP contribution < -0.4 is 14.8 Å². The zero-order valence-corrected chi connectivity index (χ0v) is 11.9. The van der Waals surface area contributed by atoms with Crippen molar-refractivity contribution in [2.24, 2.45) is 5.92 Å². The monoisotopic (exact) mass is 253 g/mol. The topological polar surface area (TPSA) is 56.3 Å². The van der Waals surface area contributed by atoms with Gasteiger partial charge in [0, 0.05) is 6.04 Å². The van der Waals surface area contributed by atoms with E-state index in [0.717, 1.165) is 12.8 Å². The predicted octanol–water partition coefficient (Wildman–Crippen LogP) is 2.73. The summed E-state index contributed by atoms with van der Waals surface area (Å²) >= 11 is 0. The van der Waals surface area contributed by atoms with E-state index in [1.807, 2.05) is 0 Å². The third-order valence-corrected chi connectivity index (χ3v) is 3.21. The van der Waals surface area contributed by atoms with Gasteiger partial charge >= 0.3 is 0 Å². The van der Waals surface area contributed by atoms with Crippen LogP contribution in [-0.2, 0) is 0 Å². The molecule has 18 heavy (non-hydrogen) atoms. The van der Waals surface area contributed by atoms with Crippen LogP contribution in [0, 0.1) is 5.92 Å². The standard InChI is InChI=1S/C13H23N3O2/c1-6-10(7-2)9(3)14-13-15-11(17-4)8-12(16-13)18-5/h8-10H,6-7H2,1-5H3,(H,14,15,16). The maximum Gasteiger partial charge on any atom is 0.229 e. The van der Waals surface area contributed by atoms with E-state index >= 15 is 0 Å². The number of anilines is 1. The molecule has 0 aromatic carbocycles. The largest absolute Gasteiger partial charge is 0.481 e. The lowest BCUT2D eigenvalue weighted by Gasteiger charge is -2.22. The van der Waals surface area contributed by atoms with Gasteiger partial charge in [-0.05, 0) is 12.8 Å². The summed E-state index contributed by atoms with van der Waals surface area (Å²) in [5.41, 5.74) is 0. The Bertz CT molecular complexity index is 345. The van der Waals surface area contributed by atoms with Crippen molar-refractivity contribution in [3.8, 4) is 11.8 Å². The molecule has 0 aliphatic rings. The molecule has 0 aliphatic carbocycles. The van der Waals surface area contributed by atoms with Crippen molar-refractivity contribution < 1.29 is 9.47 Å². The molecule has 102 valence electrons. The van der Waals surface area contributed by atoms with Gasteiger partial charge < -0.3 is 14.8 Å². The zero-order valence-electron chi connectivity index (χ0n) is 11.9. The van der Waals surface area contributed by atoms with Crippen molar-refractivity contribution in [1.82, 2.24) is 9.97 Å². The van der Waals surface area contributed by atoms with Gasteiger partial charge in [-0.3, -0.25) is 0 Å². The van der Waals surface area contributed by atoms with Gasteiger partial charge in [0.2, 0.25) is 17.7 Å². The molecule has 0 radical (unpaired) electrons. The molecular formula is C13H23N3O2. The van der Waals surface area contributed by atoms with E-state index < -0.39 is 0 Å². The molecule has 0 bridgehead atoms. The zero-order chi connectivity index (χ0) is 13.5. The summed E-state index contributed by atoms with van der Waals surface area (Å²) < 4.78 is 10.2. The molecule has 1 aromatic rings. The molecule has 0 amide bonds. The van der Waals surface area contributed by atoms with Crippen molar-refractivity contribution >= 4 is 5.95 Å². The van der Waals surface area contributed by atoms with E-state index in [0.29, 0.717) is 29.7 Å². The van der Waals surface area contributed by atoms with Crippen LogP contribution in [0.15, 0.2) is 6.07 Å². The Labute approximate surface area is 109 Å². The van der Waals surface area contributed by atoms with Crippen LogP contribution in [0.25, 0.3) is 0 Å². The van der Waals surface area contributed by atoms with Crippen LogP contribution in [0.5, 0.6) is 11.8 Å². The highest BCUT2D eigenvalue weighted by Gasteiger charge is 2.15. The molecule has 1 N–H and O–H groups in total. The van der Waals surface area contributed by atoms with Crippen LogP contribution in [0.1, 0.15) is 33.6 Å². The average Bonchev–Trinajstić information content (AvgIpc) is 2.39. The minimum absolute atomic E-state index is 0.316. The Kier molecular flexibility index (Phi) is 5.68. The van der Waals surface area contributed by atoms with Gasteiger partial charge in [0.15, 0.2) is 0 Å². The Morgan fingerprint density at radius 1 is 1.11 bits per heavy atom. The molecule has 0 saturated carbocycles. The minimum Gasteiger partial charge on any atom is -0.481 e. The lowest BCUT2D eigenvalue weighted by molar-refractivity contribution is 0.371. The first-order valence-corrected chi connectivity index (χ1v) is 6.38. The van der Waals surface area contributed by atoms with Gasteiger partial charge in [0.1, 0.15) is 0 Å². The number of aromatic nitrogens is 2. The highest BCUT2D eigenvalue weighted by atomic mass is 16.5. The minimum atomic E-state index is 0.316. The van der Waals surface area contributed by atoms with E-state index in [4.69, 9.17) is 9.47 Å². The Morgan fingerprint density at radius 3 is 2.00 bits per heavy atom. The van der Waals surface area contributed by atoms with E-state index in [9.17, 15) is 0 Å². The van der Waals surface area contributed by atoms with Crippen LogP contribution in [0.2, 0.25) is 0 Å². The van der Waals surface area contributed by atoms with E-state index in [1.54, 1.807) is 20.3 Å². The number of nitrogens with one attached hydrogen (secondary N) is 1. The number of rotatable bonds is 7. The molecule has 0 saturated heterocycles. The molecule has 1 unspecified atom stereocenters. The van der Waals surface area contributed by atoms with Gasteiger partial charge in [-0.1, -0.05) is 26.7 Å². The molecule has 1 rings (SSSR count). The maximum absolute atomic E-state index is 5.12. The van der Waals surface area contributed by atoms with Crippen LogP contribution in [0.4, 0.5) is 5.95 Å². The number of hydrogen-bond acceptors (Lipinski definition) is 5. The summed E-state index contributed by atoms with van der Waals surface area (Å²) in [6.07, 6.45) is 2.26. The summed E-state index contributed by atoms with van der Waals surface area (Å²) in [7, 11) is 3.16. The molecule has 0 aliphatic heterocycles. The summed E-state index contributed by atoms with van der Waals surface area (Å²) in [4.78, 5) is 8.53. The predicted molar refractivity (Wildman–Crippen MR) is 72.3 cm³/mol. The molecule has 0 spiro atoms. The highest BCUT2D eigenvalue weighted by Crippen LogP contribution is 2.20. The highest BCUT2D eigenvalue weighted by molar-refractivity contribution is 5.34. The van der Waals surface area contributed by atoms with Crippen LogP contribution in [0.3, 0.4) is 0 Å². The number of ether oxygens (including phenoxy) is 2. The van der Waals surface area contributed by atoms with Crippen LogP contribution >= 0.6 is 0 Å². The fraction of sp³-hybridized carbons (Fsp3) is 0.692. The van der Waals surface area contributed by atoms with Crippen molar-refractivity contribution in [3.05, 3.63) is 6.07 Å². The second-order valence-corrected chi connectivity index (χ2v) is 4.29. The van der Waals surface area contributed by atoms with Crippen molar-refractivity contribution in [2.75, 3.05) is 19.5 Å². The third kappa shape index (κ3) is 3.75. The van der Waals surface area contributed by atoms with Gasteiger partial charge in [0.25, 0.3) is 0 Å². The summed E-state index contributed by atoms with van der Waals surface area (Å²) in [6.45, 7) is 6.53. The molecule has 1 heterocycles. The first kappa shape index (κ1) is 14.5. The molecule has 1 aromatic heterocycles. The molecular weight excluding hydrogens is 230 g/mol. The lowest BCUT2D eigenvalue weighted by Crippen LogP contribution is -2.26. The molecule has 5 nitrogen and oxygen atoms in total. The Balaban J connectivity index is 2.82. The molecule has 5 heteroatoms. The second kappa shape index (κ2) is 7.03.